The Morgan fingerprint density at radius 1 is 1.23 bits per heavy atom. The molecule has 0 aliphatic rings. The average molecular weight is 193 g/mol. The summed E-state index contributed by atoms with van der Waals surface area (Å²) in [4.78, 5) is 10.1. The lowest BCUT2D eigenvalue weighted by molar-refractivity contribution is -0.155. The van der Waals surface area contributed by atoms with Crippen LogP contribution < -0.4 is 0 Å². The van der Waals surface area contributed by atoms with Gasteiger partial charge in [-0.15, -0.1) is 0 Å². The molecule has 7 heteroatoms. The highest BCUT2D eigenvalue weighted by molar-refractivity contribution is 5.88. The van der Waals surface area contributed by atoms with Gasteiger partial charge in [0.25, 0.3) is 0 Å². The molecule has 0 rings (SSSR count). The molecule has 6 N–H and O–H groups in total. The second-order valence-electron chi connectivity index (χ2n) is 2.40. The van der Waals surface area contributed by atoms with Crippen molar-refractivity contribution in [3.63, 3.8) is 0 Å². The summed E-state index contributed by atoms with van der Waals surface area (Å²) in [5.41, 5.74) is -0.659. The zero-order chi connectivity index (χ0) is 10.6. The zero-order valence-electron chi connectivity index (χ0n) is 6.58. The first-order valence-corrected chi connectivity index (χ1v) is 3.37. The van der Waals surface area contributed by atoms with Crippen LogP contribution in [0.15, 0.2) is 0 Å². The molecule has 0 heterocycles. The van der Waals surface area contributed by atoms with Gasteiger partial charge in [0.05, 0.1) is 12.3 Å². The normalized spacial score (nSPS) is 17.5. The molecule has 0 fully saturated rings. The average Bonchev–Trinajstić information content (AvgIpc) is 2.12. The largest absolute Gasteiger partial charge is 0.479 e. The Morgan fingerprint density at radius 2 is 1.69 bits per heavy atom. The van der Waals surface area contributed by atoms with E-state index in [0.29, 0.717) is 0 Å². The molecule has 76 valence electrons. The molecule has 0 aromatic carbocycles. The number of carboxylic acid groups (broad SMARTS) is 1. The van der Waals surface area contributed by atoms with E-state index < -0.39 is 36.6 Å². The lowest BCUT2D eigenvalue weighted by Crippen LogP contribution is -2.46. The standard InChI is InChI=1S/C6H11NO6/c7-2(1-8)3(9)4(10)5(11)6(12)13/h3-5,7-11H,1H2,(H,12,13). The van der Waals surface area contributed by atoms with Gasteiger partial charge in [-0.3, -0.25) is 0 Å². The van der Waals surface area contributed by atoms with E-state index in [1.165, 1.54) is 0 Å². The molecule has 0 bridgehead atoms. The van der Waals surface area contributed by atoms with E-state index in [9.17, 15) is 4.79 Å². The minimum atomic E-state index is -2.18. The summed E-state index contributed by atoms with van der Waals surface area (Å²) < 4.78 is 0. The van der Waals surface area contributed by atoms with Gasteiger partial charge >= 0.3 is 5.97 Å². The lowest BCUT2D eigenvalue weighted by Gasteiger charge is -2.19. The van der Waals surface area contributed by atoms with Gasteiger partial charge in [-0.1, -0.05) is 0 Å². The molecule has 13 heavy (non-hydrogen) atoms. The third-order valence-electron chi connectivity index (χ3n) is 1.43. The molecule has 0 saturated heterocycles. The number of rotatable bonds is 5. The topological polar surface area (TPSA) is 142 Å². The lowest BCUT2D eigenvalue weighted by atomic mass is 10.0. The fourth-order valence-electron chi connectivity index (χ4n) is 0.618. The smallest absolute Gasteiger partial charge is 0.335 e. The molecule has 0 aromatic rings. The van der Waals surface area contributed by atoms with Gasteiger partial charge in [-0.2, -0.15) is 0 Å². The maximum absolute atomic E-state index is 10.1. The minimum Gasteiger partial charge on any atom is -0.479 e. The third-order valence-corrected chi connectivity index (χ3v) is 1.43. The number of hydrogen-bond donors (Lipinski definition) is 6. The highest BCUT2D eigenvalue weighted by Crippen LogP contribution is 2.01. The van der Waals surface area contributed by atoms with Gasteiger partial charge in [0.1, 0.15) is 12.2 Å². The van der Waals surface area contributed by atoms with E-state index in [2.05, 4.69) is 0 Å². The van der Waals surface area contributed by atoms with E-state index >= 15 is 0 Å². The van der Waals surface area contributed by atoms with Crippen LogP contribution in [0.1, 0.15) is 0 Å². The molecule has 3 atom stereocenters. The van der Waals surface area contributed by atoms with Gasteiger partial charge < -0.3 is 30.9 Å². The molecule has 0 aliphatic carbocycles. The minimum absolute atomic E-state index is 0.659. The Bertz CT molecular complexity index is 205. The van der Waals surface area contributed by atoms with E-state index in [0.717, 1.165) is 0 Å². The van der Waals surface area contributed by atoms with Crippen LogP contribution in [-0.4, -0.2) is 62.1 Å². The first-order valence-electron chi connectivity index (χ1n) is 3.37. The van der Waals surface area contributed by atoms with Crippen LogP contribution in [-0.2, 0) is 4.79 Å². The van der Waals surface area contributed by atoms with Crippen LogP contribution in [0.3, 0.4) is 0 Å². The fraction of sp³-hybridized carbons (Fsp3) is 0.667. The SMILES string of the molecule is N=C(CO)C(O)C(O)C(O)C(=O)O. The van der Waals surface area contributed by atoms with Crippen molar-refractivity contribution in [3.05, 3.63) is 0 Å². The maximum Gasteiger partial charge on any atom is 0.335 e. The van der Waals surface area contributed by atoms with Crippen molar-refractivity contribution in [1.29, 1.82) is 5.41 Å². The molecule has 0 aliphatic heterocycles. The Labute approximate surface area is 73.4 Å². The van der Waals surface area contributed by atoms with Crippen LogP contribution in [0.5, 0.6) is 0 Å². The molecule has 0 amide bonds. The van der Waals surface area contributed by atoms with Crippen molar-refractivity contribution < 1.29 is 30.3 Å². The van der Waals surface area contributed by atoms with E-state index in [1.54, 1.807) is 0 Å². The summed E-state index contributed by atoms with van der Waals surface area (Å²) in [5, 5.41) is 50.0. The van der Waals surface area contributed by atoms with E-state index in [1.807, 2.05) is 0 Å². The summed E-state index contributed by atoms with van der Waals surface area (Å²) >= 11 is 0. The van der Waals surface area contributed by atoms with Crippen LogP contribution >= 0.6 is 0 Å². The second-order valence-corrected chi connectivity index (χ2v) is 2.40. The maximum atomic E-state index is 10.1. The number of carbonyl (C=O) groups is 1. The number of hydrogen-bond acceptors (Lipinski definition) is 6. The summed E-state index contributed by atoms with van der Waals surface area (Å²) in [6, 6.07) is 0. The molecule has 7 nitrogen and oxygen atoms in total. The third kappa shape index (κ3) is 3.07. The Morgan fingerprint density at radius 3 is 2.00 bits per heavy atom. The Balaban J connectivity index is 4.32. The van der Waals surface area contributed by atoms with Crippen molar-refractivity contribution in [2.24, 2.45) is 0 Å². The van der Waals surface area contributed by atoms with Crippen molar-refractivity contribution in [2.45, 2.75) is 18.3 Å². The highest BCUT2D eigenvalue weighted by Gasteiger charge is 2.32. The van der Waals surface area contributed by atoms with Gasteiger partial charge in [0, 0.05) is 0 Å². The van der Waals surface area contributed by atoms with Gasteiger partial charge in [-0.05, 0) is 0 Å². The summed E-state index contributed by atoms with van der Waals surface area (Å²) in [5.74, 6) is -1.71. The molecule has 0 spiro atoms. The predicted octanol–water partition coefficient (Wildman–Crippen LogP) is -2.83. The quantitative estimate of drug-likeness (QED) is 0.260. The Hall–Kier alpha value is -1.02. The summed E-state index contributed by atoms with van der Waals surface area (Å²) in [6.45, 7) is -0.815. The van der Waals surface area contributed by atoms with Crippen LogP contribution in [0.4, 0.5) is 0 Å². The number of aliphatic hydroxyl groups excluding tert-OH is 4. The highest BCUT2D eigenvalue weighted by atomic mass is 16.4. The number of aliphatic carboxylic acids is 1. The molecule has 0 saturated carbocycles. The van der Waals surface area contributed by atoms with Crippen LogP contribution in [0, 0.1) is 5.41 Å². The summed E-state index contributed by atoms with van der Waals surface area (Å²) in [6.07, 6.45) is -6.07. The van der Waals surface area contributed by atoms with Crippen LogP contribution in [0.2, 0.25) is 0 Å². The molecule has 3 unspecified atom stereocenters. The first kappa shape index (κ1) is 12.0. The first-order chi connectivity index (χ1) is 5.91. The molecule has 0 aromatic heterocycles. The fourth-order valence-corrected chi connectivity index (χ4v) is 0.618. The molecule has 0 radical (unpaired) electrons. The second kappa shape index (κ2) is 4.87. The molecular formula is C6H11NO6. The number of aliphatic hydroxyl groups is 4. The van der Waals surface area contributed by atoms with E-state index in [4.69, 9.17) is 30.9 Å². The number of nitrogens with one attached hydrogen (secondary N) is 1. The van der Waals surface area contributed by atoms with Crippen molar-refractivity contribution in [3.8, 4) is 0 Å². The zero-order valence-corrected chi connectivity index (χ0v) is 6.58. The predicted molar refractivity (Wildman–Crippen MR) is 40.5 cm³/mol. The van der Waals surface area contributed by atoms with Gasteiger partial charge in [0.15, 0.2) is 6.10 Å². The molecular weight excluding hydrogens is 182 g/mol. The number of carboxylic acids is 1. The van der Waals surface area contributed by atoms with Crippen molar-refractivity contribution >= 4 is 11.7 Å². The van der Waals surface area contributed by atoms with Crippen molar-refractivity contribution in [1.82, 2.24) is 0 Å². The monoisotopic (exact) mass is 193 g/mol. The van der Waals surface area contributed by atoms with Crippen LogP contribution in [0.25, 0.3) is 0 Å². The van der Waals surface area contributed by atoms with Crippen molar-refractivity contribution in [2.75, 3.05) is 6.61 Å². The van der Waals surface area contributed by atoms with E-state index in [-0.39, 0.29) is 0 Å². The van der Waals surface area contributed by atoms with Gasteiger partial charge in [-0.25, -0.2) is 4.79 Å². The Kier molecular flexibility index (Phi) is 4.49. The summed E-state index contributed by atoms with van der Waals surface area (Å²) in [7, 11) is 0. The van der Waals surface area contributed by atoms with Gasteiger partial charge in [0.2, 0.25) is 0 Å².